The molecule has 0 fully saturated rings. The lowest BCUT2D eigenvalue weighted by Gasteiger charge is -2.43. The van der Waals surface area contributed by atoms with Crippen LogP contribution in [0.15, 0.2) is 60.7 Å². The molecule has 2 aromatic rings. The van der Waals surface area contributed by atoms with Gasteiger partial charge < -0.3 is 66.0 Å². The van der Waals surface area contributed by atoms with Crippen LogP contribution in [0.5, 0.6) is 0 Å². The third-order valence-electron chi connectivity index (χ3n) is 8.70. The molecule has 16 heteroatoms. The largest absolute Gasteiger partial charge is 0.458 e. The minimum absolute atomic E-state index is 0.0630. The first-order valence-electron chi connectivity index (χ1n) is 22.0. The molecule has 0 aliphatic rings. The molecule has 0 saturated heterocycles. The van der Waals surface area contributed by atoms with Crippen LogP contribution in [0.4, 0.5) is 0 Å². The fraction of sp³-hybridized carbons (Fsp3) is 0.717. The molecule has 0 aliphatic heterocycles. The van der Waals surface area contributed by atoms with E-state index in [2.05, 4.69) is 81.4 Å². The predicted octanol–water partition coefficient (Wildman–Crippen LogP) is 4.10. The zero-order valence-corrected chi connectivity index (χ0v) is 39.6. The van der Waals surface area contributed by atoms with E-state index in [1.165, 1.54) is 10.4 Å². The summed E-state index contributed by atoms with van der Waals surface area (Å²) in [7, 11) is -2.55. The van der Waals surface area contributed by atoms with Crippen LogP contribution in [-0.2, 0) is 70.8 Å². The van der Waals surface area contributed by atoms with Gasteiger partial charge in [-0.25, -0.2) is 4.79 Å². The Balaban J connectivity index is 1.25. The van der Waals surface area contributed by atoms with Crippen LogP contribution >= 0.6 is 0 Å². The quantitative estimate of drug-likeness (QED) is 0.0536. The van der Waals surface area contributed by atoms with Gasteiger partial charge >= 0.3 is 5.97 Å². The Labute approximate surface area is 372 Å². The molecule has 2 rings (SSSR count). The standard InChI is InChI=1S/C46H78O15Si/c1-45(2,3)61-44(47)41-59-38-37-57-34-33-55-30-29-53-26-25-51-22-21-49-18-17-48-19-20-50-23-24-52-27-28-54-31-32-56-35-36-58-39-40-60-62(46(4,5)6,42-13-9-7-10-14-42)43-15-11-8-12-16-43/h7-16H,17-41H2,1-6H3. The summed E-state index contributed by atoms with van der Waals surface area (Å²) in [5.41, 5.74) is -0.516. The molecule has 15 nitrogen and oxygen atoms in total. The van der Waals surface area contributed by atoms with Crippen molar-refractivity contribution in [1.82, 2.24) is 0 Å². The summed E-state index contributed by atoms with van der Waals surface area (Å²) in [5.74, 6) is -0.389. The normalized spacial score (nSPS) is 12.3. The van der Waals surface area contributed by atoms with E-state index in [1.807, 2.05) is 20.8 Å². The third-order valence-corrected chi connectivity index (χ3v) is 13.7. The summed E-state index contributed by atoms with van der Waals surface area (Å²) < 4.78 is 78.3. The van der Waals surface area contributed by atoms with Gasteiger partial charge in [-0.15, -0.1) is 0 Å². The van der Waals surface area contributed by atoms with Gasteiger partial charge in [-0.3, -0.25) is 0 Å². The number of benzene rings is 2. The van der Waals surface area contributed by atoms with E-state index in [0.29, 0.717) is 159 Å². The van der Waals surface area contributed by atoms with Gasteiger partial charge in [0.05, 0.1) is 159 Å². The summed E-state index contributed by atoms with van der Waals surface area (Å²) in [6, 6.07) is 21.3. The number of carbonyl (C=O) groups is 1. The number of carbonyl (C=O) groups excluding carboxylic acids is 1. The summed E-state index contributed by atoms with van der Waals surface area (Å²) in [6.07, 6.45) is 0. The van der Waals surface area contributed by atoms with E-state index in [1.54, 1.807) is 0 Å². The summed E-state index contributed by atoms with van der Waals surface area (Å²) in [4.78, 5) is 11.5. The van der Waals surface area contributed by atoms with Gasteiger partial charge in [-0.2, -0.15) is 0 Å². The summed E-state index contributed by atoms with van der Waals surface area (Å²) in [6.45, 7) is 23.6. The SMILES string of the molecule is CC(C)(C)OC(=O)COCCOCCOCCOCCOCCOCCOCCOCCOCCOCCOCCOCCO[Si](c1ccccc1)(c1ccccc1)C(C)(C)C. The van der Waals surface area contributed by atoms with Gasteiger partial charge in [0.25, 0.3) is 8.32 Å². The monoisotopic (exact) mass is 899 g/mol. The molecule has 0 atom stereocenters. The predicted molar refractivity (Wildman–Crippen MR) is 239 cm³/mol. The maximum atomic E-state index is 11.5. The number of rotatable bonds is 41. The molecule has 0 saturated carbocycles. The van der Waals surface area contributed by atoms with Crippen LogP contribution in [0, 0.1) is 0 Å². The lowest BCUT2D eigenvalue weighted by atomic mass is 10.2. The van der Waals surface area contributed by atoms with Crippen molar-refractivity contribution in [2.24, 2.45) is 0 Å². The van der Waals surface area contributed by atoms with Crippen LogP contribution in [0.25, 0.3) is 0 Å². The van der Waals surface area contributed by atoms with Crippen LogP contribution < -0.4 is 10.4 Å². The zero-order valence-electron chi connectivity index (χ0n) is 38.6. The number of ether oxygens (including phenoxy) is 13. The fourth-order valence-corrected chi connectivity index (χ4v) is 10.5. The van der Waals surface area contributed by atoms with Crippen LogP contribution in [-0.4, -0.2) is 185 Å². The van der Waals surface area contributed by atoms with Crippen molar-refractivity contribution in [3.63, 3.8) is 0 Å². The molecule has 2 aromatic carbocycles. The molecule has 0 radical (unpaired) electrons. The first-order valence-corrected chi connectivity index (χ1v) is 23.9. The number of esters is 1. The second kappa shape index (κ2) is 35.9. The van der Waals surface area contributed by atoms with Gasteiger partial charge in [0.15, 0.2) is 0 Å². The van der Waals surface area contributed by atoms with Crippen LogP contribution in [0.2, 0.25) is 5.04 Å². The molecule has 0 spiro atoms. The Morgan fingerprint density at radius 1 is 0.371 bits per heavy atom. The highest BCUT2D eigenvalue weighted by Crippen LogP contribution is 2.36. The van der Waals surface area contributed by atoms with Crippen molar-refractivity contribution in [3.05, 3.63) is 60.7 Å². The Hall–Kier alpha value is -2.39. The molecule has 0 N–H and O–H groups in total. The van der Waals surface area contributed by atoms with E-state index in [9.17, 15) is 4.79 Å². The minimum Gasteiger partial charge on any atom is -0.458 e. The topological polar surface area (TPSA) is 146 Å². The first-order chi connectivity index (χ1) is 30.1. The van der Waals surface area contributed by atoms with Gasteiger partial charge in [-0.1, -0.05) is 81.4 Å². The minimum atomic E-state index is -2.55. The van der Waals surface area contributed by atoms with Crippen molar-refractivity contribution in [3.8, 4) is 0 Å². The van der Waals surface area contributed by atoms with E-state index < -0.39 is 13.9 Å². The maximum absolute atomic E-state index is 11.5. The molecule has 0 heterocycles. The summed E-state index contributed by atoms with van der Waals surface area (Å²) in [5, 5.41) is 2.46. The summed E-state index contributed by atoms with van der Waals surface area (Å²) >= 11 is 0. The van der Waals surface area contributed by atoms with Crippen LogP contribution in [0.1, 0.15) is 41.5 Å². The molecule has 0 amide bonds. The zero-order chi connectivity index (χ0) is 44.9. The second-order valence-electron chi connectivity index (χ2n) is 15.9. The smallest absolute Gasteiger partial charge is 0.332 e. The lowest BCUT2D eigenvalue weighted by molar-refractivity contribution is -0.160. The average Bonchev–Trinajstić information content (AvgIpc) is 3.24. The van der Waals surface area contributed by atoms with E-state index in [4.69, 9.17) is 66.0 Å². The first kappa shape index (κ1) is 55.7. The highest BCUT2D eigenvalue weighted by molar-refractivity contribution is 6.99. The molecule has 356 valence electrons. The Kier molecular flexibility index (Phi) is 32.3. The molecule has 0 aromatic heterocycles. The van der Waals surface area contributed by atoms with E-state index in [-0.39, 0.29) is 17.6 Å². The second-order valence-corrected chi connectivity index (χ2v) is 20.2. The molecular formula is C46H78O15Si. The van der Waals surface area contributed by atoms with E-state index >= 15 is 0 Å². The van der Waals surface area contributed by atoms with Crippen LogP contribution in [0.3, 0.4) is 0 Å². The van der Waals surface area contributed by atoms with E-state index in [0.717, 1.165) is 0 Å². The van der Waals surface area contributed by atoms with Crippen molar-refractivity contribution >= 4 is 24.7 Å². The maximum Gasteiger partial charge on any atom is 0.332 e. The molecule has 0 unspecified atom stereocenters. The lowest BCUT2D eigenvalue weighted by Crippen LogP contribution is -2.66. The van der Waals surface area contributed by atoms with Gasteiger partial charge in [0.1, 0.15) is 12.2 Å². The molecular weight excluding hydrogens is 821 g/mol. The molecule has 62 heavy (non-hydrogen) atoms. The highest BCUT2D eigenvalue weighted by atomic mass is 28.4. The number of hydrogen-bond acceptors (Lipinski definition) is 15. The third kappa shape index (κ3) is 27.7. The van der Waals surface area contributed by atoms with Crippen molar-refractivity contribution in [2.75, 3.05) is 165 Å². The van der Waals surface area contributed by atoms with Crippen molar-refractivity contribution in [1.29, 1.82) is 0 Å². The van der Waals surface area contributed by atoms with Gasteiger partial charge in [0, 0.05) is 0 Å². The van der Waals surface area contributed by atoms with Crippen molar-refractivity contribution in [2.45, 2.75) is 52.2 Å². The Morgan fingerprint density at radius 3 is 0.855 bits per heavy atom. The van der Waals surface area contributed by atoms with Crippen molar-refractivity contribution < 1.29 is 70.8 Å². The Morgan fingerprint density at radius 2 is 0.613 bits per heavy atom. The number of hydrogen-bond donors (Lipinski definition) is 0. The Bertz CT molecular complexity index is 1270. The fourth-order valence-electron chi connectivity index (χ4n) is 5.96. The highest BCUT2D eigenvalue weighted by Gasteiger charge is 2.50. The van der Waals surface area contributed by atoms with Gasteiger partial charge in [-0.05, 0) is 36.2 Å². The average molecular weight is 899 g/mol. The molecule has 0 aliphatic carbocycles. The molecule has 0 bridgehead atoms. The van der Waals surface area contributed by atoms with Gasteiger partial charge in [0.2, 0.25) is 0 Å².